The molecule has 3 N–H and O–H groups in total. The highest BCUT2D eigenvalue weighted by molar-refractivity contribution is 7.98. The Morgan fingerprint density at radius 2 is 2.04 bits per heavy atom. The Kier molecular flexibility index (Phi) is 5.01. The number of hydrogen-bond donors (Lipinski definition) is 3. The number of carbonyl (C=O) groups is 2. The average Bonchev–Trinajstić information content (AvgIpc) is 3.08. The van der Waals surface area contributed by atoms with Gasteiger partial charge in [-0.1, -0.05) is 23.4 Å². The molecule has 0 saturated heterocycles. The predicted octanol–water partition coefficient (Wildman–Crippen LogP) is 3.27. The summed E-state index contributed by atoms with van der Waals surface area (Å²) in [5, 5.41) is 6.72. The summed E-state index contributed by atoms with van der Waals surface area (Å²) < 4.78 is 5.44. The highest BCUT2D eigenvalue weighted by atomic mass is 35.5. The normalized spacial score (nSPS) is 25.6. The fraction of sp³-hybridized carbons (Fsp3) is 0.421. The molecule has 0 radical (unpaired) electrons. The molecule has 2 aliphatic rings. The molecule has 2 aliphatic carbocycles. The molecule has 4 rings (SSSR count). The summed E-state index contributed by atoms with van der Waals surface area (Å²) in [7, 11) is 0. The average molecular weight is 422 g/mol. The van der Waals surface area contributed by atoms with Gasteiger partial charge in [-0.2, -0.15) is 0 Å². The van der Waals surface area contributed by atoms with E-state index in [2.05, 4.69) is 15.6 Å². The molecule has 2 aromatic rings. The van der Waals surface area contributed by atoms with Crippen LogP contribution in [0.1, 0.15) is 36.2 Å². The maximum atomic E-state index is 12.4. The van der Waals surface area contributed by atoms with E-state index < -0.39 is 0 Å². The van der Waals surface area contributed by atoms with Crippen molar-refractivity contribution in [3.05, 3.63) is 45.5 Å². The summed E-state index contributed by atoms with van der Waals surface area (Å²) in [6, 6.07) is 5.01. The first-order valence-electron chi connectivity index (χ1n) is 9.01. The third-order valence-electron chi connectivity index (χ3n) is 5.56. The first-order valence-corrected chi connectivity index (χ1v) is 10.6. The minimum atomic E-state index is -0.374. The molecule has 0 unspecified atom stereocenters. The molecule has 28 heavy (non-hydrogen) atoms. The van der Waals surface area contributed by atoms with Crippen LogP contribution in [0.15, 0.2) is 38.7 Å². The number of furan rings is 1. The second kappa shape index (κ2) is 7.33. The zero-order valence-electron chi connectivity index (χ0n) is 15.2. The van der Waals surface area contributed by atoms with Crippen LogP contribution in [0, 0.1) is 11.3 Å². The van der Waals surface area contributed by atoms with Gasteiger partial charge in [-0.3, -0.25) is 14.4 Å². The van der Waals surface area contributed by atoms with E-state index in [1.165, 1.54) is 24.0 Å². The summed E-state index contributed by atoms with van der Waals surface area (Å²) in [5.74, 6) is -0.160. The van der Waals surface area contributed by atoms with Crippen molar-refractivity contribution in [2.24, 2.45) is 11.3 Å². The van der Waals surface area contributed by atoms with Crippen LogP contribution in [0.25, 0.3) is 0 Å². The van der Waals surface area contributed by atoms with Crippen LogP contribution >= 0.6 is 23.4 Å². The smallest absolute Gasteiger partial charge is 0.287 e. The number of carbonyl (C=O) groups excluding carboxylic acids is 2. The van der Waals surface area contributed by atoms with Crippen LogP contribution in [0.3, 0.4) is 0 Å². The predicted molar refractivity (Wildman–Crippen MR) is 107 cm³/mol. The van der Waals surface area contributed by atoms with Gasteiger partial charge in [0.25, 0.3) is 11.5 Å². The third-order valence-corrected chi connectivity index (χ3v) is 6.40. The van der Waals surface area contributed by atoms with Gasteiger partial charge in [-0.15, -0.1) is 0 Å². The topological polar surface area (TPSA) is 104 Å². The summed E-state index contributed by atoms with van der Waals surface area (Å²) in [4.78, 5) is 38.8. The molecule has 2 saturated carbocycles. The minimum Gasteiger partial charge on any atom is -0.445 e. The van der Waals surface area contributed by atoms with Crippen molar-refractivity contribution in [3.63, 3.8) is 0 Å². The number of hydrogen-bond acceptors (Lipinski definition) is 5. The van der Waals surface area contributed by atoms with Crippen molar-refractivity contribution in [2.75, 3.05) is 11.6 Å². The summed E-state index contributed by atoms with van der Waals surface area (Å²) in [6.45, 7) is 0. The number of aromatic amines is 1. The standard InChI is InChI=1S/C19H20ClN3O4S/c1-28-15-3-2-14(27-15)18(26)22-12-7-19(8-12)5-10(6-19)16(24)23-13-4-11(20)9-21-17(13)25/h2-4,9-10,12H,5-8H2,1H3,(H,21,25)(H,22,26)(H,23,24). The molecule has 9 heteroatoms. The number of amides is 2. The fourth-order valence-electron chi connectivity index (χ4n) is 4.19. The van der Waals surface area contributed by atoms with Gasteiger partial charge >= 0.3 is 0 Å². The molecule has 1 spiro atoms. The molecule has 148 valence electrons. The number of rotatable bonds is 5. The number of thioether (sulfide) groups is 1. The Bertz CT molecular complexity index is 972. The Morgan fingerprint density at radius 1 is 1.29 bits per heavy atom. The van der Waals surface area contributed by atoms with Crippen molar-refractivity contribution in [1.82, 2.24) is 10.3 Å². The lowest BCUT2D eigenvalue weighted by atomic mass is 9.50. The first kappa shape index (κ1) is 19.1. The lowest BCUT2D eigenvalue weighted by Crippen LogP contribution is -2.57. The van der Waals surface area contributed by atoms with Crippen molar-refractivity contribution < 1.29 is 14.0 Å². The first-order chi connectivity index (χ1) is 13.4. The van der Waals surface area contributed by atoms with E-state index in [1.54, 1.807) is 12.1 Å². The van der Waals surface area contributed by atoms with Gasteiger partial charge < -0.3 is 20.0 Å². The number of halogens is 1. The third kappa shape index (κ3) is 3.71. The van der Waals surface area contributed by atoms with Gasteiger partial charge in [0.2, 0.25) is 5.91 Å². The van der Waals surface area contributed by atoms with Gasteiger partial charge in [0.15, 0.2) is 10.9 Å². The number of anilines is 1. The molecule has 0 aromatic carbocycles. The molecular weight excluding hydrogens is 402 g/mol. The van der Waals surface area contributed by atoms with E-state index in [4.69, 9.17) is 16.0 Å². The van der Waals surface area contributed by atoms with Crippen LogP contribution in [-0.4, -0.2) is 29.1 Å². The molecule has 2 aromatic heterocycles. The fourth-order valence-corrected chi connectivity index (χ4v) is 4.73. The molecule has 0 aliphatic heterocycles. The summed E-state index contributed by atoms with van der Waals surface area (Å²) in [6.07, 6.45) is 6.52. The highest BCUT2D eigenvalue weighted by Gasteiger charge is 2.55. The Labute approximate surface area is 170 Å². The molecule has 0 atom stereocenters. The second-order valence-electron chi connectivity index (χ2n) is 7.56. The van der Waals surface area contributed by atoms with Crippen LogP contribution in [0.2, 0.25) is 5.02 Å². The zero-order valence-corrected chi connectivity index (χ0v) is 16.8. The number of pyridine rings is 1. The number of H-pyrrole nitrogens is 1. The Balaban J connectivity index is 1.24. The maximum absolute atomic E-state index is 12.4. The van der Waals surface area contributed by atoms with Crippen molar-refractivity contribution in [1.29, 1.82) is 0 Å². The minimum absolute atomic E-state index is 0.107. The SMILES string of the molecule is CSc1ccc(C(=O)NC2CC3(C2)CC(C(=O)Nc2cc(Cl)c[nH]c2=O)C3)o1. The molecule has 0 bridgehead atoms. The van der Waals surface area contributed by atoms with Gasteiger partial charge in [-0.05, 0) is 55.6 Å². The van der Waals surface area contributed by atoms with Crippen LogP contribution in [-0.2, 0) is 4.79 Å². The molecule has 2 heterocycles. The van der Waals surface area contributed by atoms with Crippen LogP contribution in [0.4, 0.5) is 5.69 Å². The number of nitrogens with one attached hydrogen (secondary N) is 3. The lowest BCUT2D eigenvalue weighted by Gasteiger charge is -2.57. The molecule has 2 amide bonds. The lowest BCUT2D eigenvalue weighted by molar-refractivity contribution is -0.133. The summed E-state index contributed by atoms with van der Waals surface area (Å²) in [5.41, 5.74) is -0.0880. The second-order valence-corrected chi connectivity index (χ2v) is 8.80. The van der Waals surface area contributed by atoms with E-state index >= 15 is 0 Å². The van der Waals surface area contributed by atoms with Crippen LogP contribution < -0.4 is 16.2 Å². The van der Waals surface area contributed by atoms with Gasteiger partial charge in [0.1, 0.15) is 5.69 Å². The Hall–Kier alpha value is -2.19. The van der Waals surface area contributed by atoms with E-state index in [0.29, 0.717) is 15.9 Å². The summed E-state index contributed by atoms with van der Waals surface area (Å²) >= 11 is 7.30. The molecule has 2 fully saturated rings. The van der Waals surface area contributed by atoms with Crippen molar-refractivity contribution >= 4 is 40.9 Å². The van der Waals surface area contributed by atoms with Crippen molar-refractivity contribution in [3.8, 4) is 0 Å². The number of aromatic nitrogens is 1. The van der Waals surface area contributed by atoms with E-state index in [0.717, 1.165) is 25.7 Å². The quantitative estimate of drug-likeness (QED) is 0.643. The van der Waals surface area contributed by atoms with E-state index in [-0.39, 0.29) is 40.4 Å². The maximum Gasteiger partial charge on any atom is 0.287 e. The van der Waals surface area contributed by atoms with Crippen LogP contribution in [0.5, 0.6) is 0 Å². The zero-order chi connectivity index (χ0) is 19.9. The Morgan fingerprint density at radius 3 is 2.71 bits per heavy atom. The van der Waals surface area contributed by atoms with Gasteiger partial charge in [0.05, 0.1) is 5.02 Å². The van der Waals surface area contributed by atoms with E-state index in [9.17, 15) is 14.4 Å². The molecule has 7 nitrogen and oxygen atoms in total. The highest BCUT2D eigenvalue weighted by Crippen LogP contribution is 2.58. The largest absolute Gasteiger partial charge is 0.445 e. The van der Waals surface area contributed by atoms with Gasteiger partial charge in [0, 0.05) is 18.2 Å². The van der Waals surface area contributed by atoms with Crippen molar-refractivity contribution in [2.45, 2.75) is 36.8 Å². The van der Waals surface area contributed by atoms with Gasteiger partial charge in [-0.25, -0.2) is 0 Å². The monoisotopic (exact) mass is 421 g/mol. The van der Waals surface area contributed by atoms with E-state index in [1.807, 2.05) is 6.26 Å². The molecular formula is C19H20ClN3O4S.